The average Bonchev–Trinajstić information content (AvgIpc) is 2.47. The highest BCUT2D eigenvalue weighted by Gasteiger charge is 2.26. The molecule has 1 atom stereocenters. The number of carbonyl (C=O) groups excluding carboxylic acids is 1. The molecule has 1 aliphatic heterocycles. The summed E-state index contributed by atoms with van der Waals surface area (Å²) in [5.41, 5.74) is 1.06. The summed E-state index contributed by atoms with van der Waals surface area (Å²) in [5.74, 6) is 0.00248. The van der Waals surface area contributed by atoms with Crippen LogP contribution < -0.4 is 10.2 Å². The van der Waals surface area contributed by atoms with Crippen LogP contribution in [0.15, 0.2) is 18.2 Å². The number of piperidine rings is 1. The van der Waals surface area contributed by atoms with E-state index in [1.54, 1.807) is 18.2 Å². The van der Waals surface area contributed by atoms with Crippen molar-refractivity contribution in [3.8, 4) is 6.07 Å². The standard InChI is InChI=1S/C15H18ClN3O/c1-11(19-7-3-2-4-8-19)15(20)18-13-6-5-12(10-17)14(16)9-13/h5-6,9,11H,2-4,7-8H2,1H3,(H,18,20)/p+1/t11-/m0/s1. The normalized spacial score (nSPS) is 17.2. The molecule has 0 unspecified atom stereocenters. The highest BCUT2D eigenvalue weighted by Crippen LogP contribution is 2.20. The Morgan fingerprint density at radius 2 is 2.10 bits per heavy atom. The highest BCUT2D eigenvalue weighted by molar-refractivity contribution is 6.32. The summed E-state index contributed by atoms with van der Waals surface area (Å²) in [6.45, 7) is 4.08. The number of hydrogen-bond acceptors (Lipinski definition) is 2. The third-order valence-corrected chi connectivity index (χ3v) is 4.17. The lowest BCUT2D eigenvalue weighted by atomic mass is 10.1. The SMILES string of the molecule is C[C@@H](C(=O)Nc1ccc(C#N)c(Cl)c1)[NH+]1CCCCC1. The minimum atomic E-state index is -0.0651. The molecule has 1 aliphatic rings. The highest BCUT2D eigenvalue weighted by atomic mass is 35.5. The molecular weight excluding hydrogens is 274 g/mol. The van der Waals surface area contributed by atoms with E-state index in [1.807, 2.05) is 13.0 Å². The van der Waals surface area contributed by atoms with Gasteiger partial charge in [-0.25, -0.2) is 0 Å². The van der Waals surface area contributed by atoms with Crippen LogP contribution in [-0.4, -0.2) is 25.0 Å². The molecule has 106 valence electrons. The van der Waals surface area contributed by atoms with Gasteiger partial charge >= 0.3 is 0 Å². The molecule has 2 rings (SSSR count). The molecular formula is C15H19ClN3O+. The van der Waals surface area contributed by atoms with Gasteiger partial charge in [-0.05, 0) is 44.4 Å². The zero-order valence-electron chi connectivity index (χ0n) is 11.6. The third-order valence-electron chi connectivity index (χ3n) is 3.86. The second-order valence-electron chi connectivity index (χ2n) is 5.24. The topological polar surface area (TPSA) is 57.3 Å². The van der Waals surface area contributed by atoms with Gasteiger partial charge in [-0.1, -0.05) is 11.6 Å². The van der Waals surface area contributed by atoms with E-state index in [2.05, 4.69) is 5.32 Å². The van der Waals surface area contributed by atoms with Crippen molar-refractivity contribution in [1.29, 1.82) is 5.26 Å². The number of rotatable bonds is 3. The number of nitrogens with one attached hydrogen (secondary N) is 2. The molecule has 1 amide bonds. The van der Waals surface area contributed by atoms with E-state index in [0.29, 0.717) is 16.3 Å². The van der Waals surface area contributed by atoms with E-state index in [9.17, 15) is 4.79 Å². The maximum atomic E-state index is 12.2. The molecule has 0 aromatic heterocycles. The number of benzene rings is 1. The lowest BCUT2D eigenvalue weighted by Crippen LogP contribution is -3.17. The van der Waals surface area contributed by atoms with Crippen molar-refractivity contribution in [3.05, 3.63) is 28.8 Å². The molecule has 4 nitrogen and oxygen atoms in total. The van der Waals surface area contributed by atoms with Crippen molar-refractivity contribution in [3.63, 3.8) is 0 Å². The minimum absolute atomic E-state index is 0.00248. The Labute approximate surface area is 124 Å². The number of nitrogens with zero attached hydrogens (tertiary/aromatic N) is 1. The summed E-state index contributed by atoms with van der Waals surface area (Å²) < 4.78 is 0. The van der Waals surface area contributed by atoms with Crippen LogP contribution in [0.4, 0.5) is 5.69 Å². The zero-order chi connectivity index (χ0) is 14.5. The van der Waals surface area contributed by atoms with Crippen molar-refractivity contribution in [2.75, 3.05) is 18.4 Å². The second kappa shape index (κ2) is 6.74. The summed E-state index contributed by atoms with van der Waals surface area (Å²) in [6, 6.07) is 6.89. The van der Waals surface area contributed by atoms with Crippen molar-refractivity contribution in [1.82, 2.24) is 0 Å². The monoisotopic (exact) mass is 292 g/mol. The van der Waals surface area contributed by atoms with Crippen molar-refractivity contribution in [2.24, 2.45) is 0 Å². The number of nitriles is 1. The Morgan fingerprint density at radius 1 is 1.40 bits per heavy atom. The van der Waals surface area contributed by atoms with Gasteiger partial charge in [-0.2, -0.15) is 5.26 Å². The van der Waals surface area contributed by atoms with Gasteiger partial charge in [0, 0.05) is 5.69 Å². The smallest absolute Gasteiger partial charge is 0.282 e. The number of halogens is 1. The predicted molar refractivity (Wildman–Crippen MR) is 78.8 cm³/mol. The molecule has 1 heterocycles. The minimum Gasteiger partial charge on any atom is -0.325 e. The van der Waals surface area contributed by atoms with Crippen LogP contribution in [0.2, 0.25) is 5.02 Å². The van der Waals surface area contributed by atoms with Gasteiger partial charge in [-0.3, -0.25) is 4.79 Å². The number of likely N-dealkylation sites (tertiary alicyclic amines) is 1. The first-order chi connectivity index (χ1) is 9.61. The van der Waals surface area contributed by atoms with Crippen LogP contribution in [0.25, 0.3) is 0 Å². The van der Waals surface area contributed by atoms with Gasteiger partial charge < -0.3 is 10.2 Å². The molecule has 5 heteroatoms. The molecule has 0 spiro atoms. The van der Waals surface area contributed by atoms with Crippen LogP contribution >= 0.6 is 11.6 Å². The molecule has 0 bridgehead atoms. The van der Waals surface area contributed by atoms with Crippen LogP contribution in [0, 0.1) is 11.3 Å². The average molecular weight is 293 g/mol. The van der Waals surface area contributed by atoms with Gasteiger partial charge in [-0.15, -0.1) is 0 Å². The summed E-state index contributed by atoms with van der Waals surface area (Å²) in [4.78, 5) is 13.6. The summed E-state index contributed by atoms with van der Waals surface area (Å²) >= 11 is 5.96. The Morgan fingerprint density at radius 3 is 2.70 bits per heavy atom. The fourth-order valence-corrected chi connectivity index (χ4v) is 2.78. The summed E-state index contributed by atoms with van der Waals surface area (Å²) in [5, 5.41) is 12.1. The molecule has 0 radical (unpaired) electrons. The Kier molecular flexibility index (Phi) is 4.99. The fourth-order valence-electron chi connectivity index (χ4n) is 2.56. The Bertz CT molecular complexity index is 532. The van der Waals surface area contributed by atoms with E-state index in [-0.39, 0.29) is 11.9 Å². The largest absolute Gasteiger partial charge is 0.325 e. The lowest BCUT2D eigenvalue weighted by molar-refractivity contribution is -0.918. The first-order valence-corrected chi connectivity index (χ1v) is 7.34. The maximum absolute atomic E-state index is 12.2. The van der Waals surface area contributed by atoms with Gasteiger partial charge in [0.2, 0.25) is 0 Å². The van der Waals surface area contributed by atoms with Crippen LogP contribution in [0.5, 0.6) is 0 Å². The molecule has 1 aromatic rings. The summed E-state index contributed by atoms with van der Waals surface area (Å²) in [6.07, 6.45) is 3.65. The molecule has 1 saturated heterocycles. The zero-order valence-corrected chi connectivity index (χ0v) is 12.3. The first kappa shape index (κ1) is 14.8. The number of carbonyl (C=O) groups is 1. The van der Waals surface area contributed by atoms with Gasteiger partial charge in [0.1, 0.15) is 6.07 Å². The van der Waals surface area contributed by atoms with E-state index in [0.717, 1.165) is 13.1 Å². The van der Waals surface area contributed by atoms with Gasteiger partial charge in [0.05, 0.1) is 23.7 Å². The third kappa shape index (κ3) is 3.50. The first-order valence-electron chi connectivity index (χ1n) is 6.97. The second-order valence-corrected chi connectivity index (χ2v) is 5.64. The lowest BCUT2D eigenvalue weighted by Gasteiger charge is -2.28. The van der Waals surface area contributed by atoms with Crippen LogP contribution in [0.3, 0.4) is 0 Å². The number of quaternary nitrogens is 1. The number of anilines is 1. The number of amides is 1. The maximum Gasteiger partial charge on any atom is 0.282 e. The molecule has 1 fully saturated rings. The Balaban J connectivity index is 2.00. The van der Waals surface area contributed by atoms with E-state index in [1.165, 1.54) is 24.2 Å². The molecule has 2 N–H and O–H groups in total. The fraction of sp³-hybridized carbons (Fsp3) is 0.467. The van der Waals surface area contributed by atoms with Gasteiger partial charge in [0.25, 0.3) is 5.91 Å². The molecule has 0 aliphatic carbocycles. The van der Waals surface area contributed by atoms with Gasteiger partial charge in [0.15, 0.2) is 6.04 Å². The Hall–Kier alpha value is -1.57. The number of hydrogen-bond donors (Lipinski definition) is 2. The quantitative estimate of drug-likeness (QED) is 0.889. The van der Waals surface area contributed by atoms with E-state index in [4.69, 9.17) is 16.9 Å². The molecule has 20 heavy (non-hydrogen) atoms. The van der Waals surface area contributed by atoms with Crippen LogP contribution in [0.1, 0.15) is 31.7 Å². The molecule has 1 aromatic carbocycles. The molecule has 0 saturated carbocycles. The van der Waals surface area contributed by atoms with Crippen molar-refractivity contribution >= 4 is 23.2 Å². The predicted octanol–water partition coefficient (Wildman–Crippen LogP) is 1.61. The summed E-state index contributed by atoms with van der Waals surface area (Å²) in [7, 11) is 0. The van der Waals surface area contributed by atoms with E-state index < -0.39 is 0 Å². The van der Waals surface area contributed by atoms with Crippen molar-refractivity contribution < 1.29 is 9.69 Å². The van der Waals surface area contributed by atoms with Crippen molar-refractivity contribution in [2.45, 2.75) is 32.2 Å². The van der Waals surface area contributed by atoms with E-state index >= 15 is 0 Å². The van der Waals surface area contributed by atoms with Crippen LogP contribution in [-0.2, 0) is 4.79 Å².